The van der Waals surface area contributed by atoms with Crippen molar-refractivity contribution in [2.24, 2.45) is 0 Å². The van der Waals surface area contributed by atoms with Crippen LogP contribution in [-0.2, 0) is 14.8 Å². The highest BCUT2D eigenvalue weighted by Crippen LogP contribution is 2.37. The zero-order valence-corrected chi connectivity index (χ0v) is 21.9. The Kier molecular flexibility index (Phi) is 7.92. The first-order chi connectivity index (χ1) is 15.8. The molecule has 1 saturated heterocycles. The van der Waals surface area contributed by atoms with Gasteiger partial charge in [0.25, 0.3) is 0 Å². The predicted molar refractivity (Wildman–Crippen MR) is 129 cm³/mol. The third-order valence-corrected chi connectivity index (χ3v) is 8.92. The molecule has 1 aromatic heterocycles. The Bertz CT molecular complexity index is 982. The van der Waals surface area contributed by atoms with Crippen molar-refractivity contribution < 1.29 is 22.0 Å². The fourth-order valence-corrected chi connectivity index (χ4v) is 7.00. The molecular formula is C24H38F2N4O3S. The van der Waals surface area contributed by atoms with Gasteiger partial charge in [-0.2, -0.15) is 4.31 Å². The Morgan fingerprint density at radius 2 is 1.71 bits per heavy atom. The molecule has 1 amide bonds. The SMILES string of the molecule is Cc1ccc(S(=O)(=O)N2CCC[C@H]2C(=O)N(C)C2CCC(F)(F)CC2)c(N(C(C)C)C(C)C)n1. The number of rotatable bonds is 7. The maximum Gasteiger partial charge on any atom is 0.248 e. The molecule has 192 valence electrons. The fourth-order valence-electron chi connectivity index (χ4n) is 5.23. The van der Waals surface area contributed by atoms with Gasteiger partial charge in [-0.1, -0.05) is 0 Å². The Balaban J connectivity index is 1.91. The molecule has 34 heavy (non-hydrogen) atoms. The van der Waals surface area contributed by atoms with Crippen LogP contribution >= 0.6 is 0 Å². The number of halogens is 2. The van der Waals surface area contributed by atoms with Gasteiger partial charge in [-0.05, 0) is 72.4 Å². The summed E-state index contributed by atoms with van der Waals surface area (Å²) in [6.45, 7) is 10.0. The molecule has 0 spiro atoms. The topological polar surface area (TPSA) is 73.8 Å². The van der Waals surface area contributed by atoms with Crippen LogP contribution in [0, 0.1) is 6.92 Å². The summed E-state index contributed by atoms with van der Waals surface area (Å²) in [7, 11) is -2.40. The van der Waals surface area contributed by atoms with Crippen LogP contribution in [0.2, 0.25) is 0 Å². The molecule has 2 aliphatic rings. The van der Waals surface area contributed by atoms with Crippen LogP contribution in [0.3, 0.4) is 0 Å². The smallest absolute Gasteiger partial charge is 0.248 e. The van der Waals surface area contributed by atoms with E-state index in [1.165, 1.54) is 9.21 Å². The van der Waals surface area contributed by atoms with Crippen molar-refractivity contribution >= 4 is 21.7 Å². The number of likely N-dealkylation sites (N-methyl/N-ethyl adjacent to an activating group) is 1. The van der Waals surface area contributed by atoms with Gasteiger partial charge < -0.3 is 9.80 Å². The summed E-state index contributed by atoms with van der Waals surface area (Å²) in [5.74, 6) is -2.61. The minimum absolute atomic E-state index is 0.0230. The summed E-state index contributed by atoms with van der Waals surface area (Å²) in [4.78, 5) is 21.6. The number of hydrogen-bond donors (Lipinski definition) is 0. The normalized spacial score (nSPS) is 21.9. The number of aromatic nitrogens is 1. The highest BCUT2D eigenvalue weighted by atomic mass is 32.2. The maximum absolute atomic E-state index is 13.9. The molecule has 0 radical (unpaired) electrons. The molecule has 0 N–H and O–H groups in total. The molecule has 0 unspecified atom stereocenters. The van der Waals surface area contributed by atoms with Crippen molar-refractivity contribution in [2.45, 2.75) is 108 Å². The van der Waals surface area contributed by atoms with E-state index >= 15 is 0 Å². The van der Waals surface area contributed by atoms with Crippen LogP contribution in [0.15, 0.2) is 17.0 Å². The molecule has 0 bridgehead atoms. The zero-order valence-electron chi connectivity index (χ0n) is 21.1. The van der Waals surface area contributed by atoms with E-state index < -0.39 is 22.0 Å². The molecule has 1 saturated carbocycles. The van der Waals surface area contributed by atoms with Gasteiger partial charge in [-0.3, -0.25) is 4.79 Å². The summed E-state index contributed by atoms with van der Waals surface area (Å²) in [6.07, 6.45) is 0.926. The number of carbonyl (C=O) groups is 1. The van der Waals surface area contributed by atoms with Crippen LogP contribution < -0.4 is 4.90 Å². The number of anilines is 1. The van der Waals surface area contributed by atoms with Gasteiger partial charge in [0.05, 0.1) is 0 Å². The quantitative estimate of drug-likeness (QED) is 0.561. The third-order valence-electron chi connectivity index (χ3n) is 6.99. The number of aryl methyl sites for hydroxylation is 1. The van der Waals surface area contributed by atoms with Gasteiger partial charge in [0, 0.05) is 50.3 Å². The van der Waals surface area contributed by atoms with Crippen molar-refractivity contribution in [3.63, 3.8) is 0 Å². The minimum atomic E-state index is -4.01. The lowest BCUT2D eigenvalue weighted by Gasteiger charge is -2.37. The average molecular weight is 501 g/mol. The molecule has 3 rings (SSSR count). The lowest BCUT2D eigenvalue weighted by Crippen LogP contribution is -2.51. The van der Waals surface area contributed by atoms with E-state index in [9.17, 15) is 22.0 Å². The largest absolute Gasteiger partial charge is 0.351 e. The van der Waals surface area contributed by atoms with E-state index in [1.54, 1.807) is 19.2 Å². The van der Waals surface area contributed by atoms with Crippen molar-refractivity contribution in [3.8, 4) is 0 Å². The fraction of sp³-hybridized carbons (Fsp3) is 0.750. The number of nitrogens with zero attached hydrogens (tertiary/aromatic N) is 4. The first-order valence-corrected chi connectivity index (χ1v) is 13.6. The third kappa shape index (κ3) is 5.37. The maximum atomic E-state index is 13.9. The van der Waals surface area contributed by atoms with Crippen molar-refractivity contribution in [1.29, 1.82) is 0 Å². The molecule has 10 heteroatoms. The van der Waals surface area contributed by atoms with E-state index in [-0.39, 0.29) is 61.2 Å². The van der Waals surface area contributed by atoms with Crippen LogP contribution in [-0.4, -0.2) is 72.2 Å². The van der Waals surface area contributed by atoms with E-state index in [1.807, 2.05) is 39.5 Å². The molecule has 2 fully saturated rings. The van der Waals surface area contributed by atoms with Crippen LogP contribution in [0.5, 0.6) is 0 Å². The summed E-state index contributed by atoms with van der Waals surface area (Å²) in [5, 5.41) is 0. The number of hydrogen-bond acceptors (Lipinski definition) is 5. The van der Waals surface area contributed by atoms with Crippen LogP contribution in [0.1, 0.15) is 71.9 Å². The predicted octanol–water partition coefficient (Wildman–Crippen LogP) is 4.20. The summed E-state index contributed by atoms with van der Waals surface area (Å²) < 4.78 is 56.3. The molecule has 0 aromatic carbocycles. The summed E-state index contributed by atoms with van der Waals surface area (Å²) in [5.41, 5.74) is 0.711. The van der Waals surface area contributed by atoms with Gasteiger partial charge in [0.2, 0.25) is 21.9 Å². The van der Waals surface area contributed by atoms with Gasteiger partial charge in [-0.25, -0.2) is 22.2 Å². The number of alkyl halides is 2. The number of carbonyl (C=O) groups excluding carboxylic acids is 1. The molecular weight excluding hydrogens is 462 g/mol. The lowest BCUT2D eigenvalue weighted by atomic mass is 9.91. The molecule has 7 nitrogen and oxygen atoms in total. The van der Waals surface area contributed by atoms with Gasteiger partial charge in [0.1, 0.15) is 16.8 Å². The Hall–Kier alpha value is -1.81. The Labute approximate surface area is 202 Å². The summed E-state index contributed by atoms with van der Waals surface area (Å²) >= 11 is 0. The van der Waals surface area contributed by atoms with Crippen LogP contribution in [0.25, 0.3) is 0 Å². The van der Waals surface area contributed by atoms with Gasteiger partial charge >= 0.3 is 0 Å². The average Bonchev–Trinajstić information content (AvgIpc) is 3.23. The van der Waals surface area contributed by atoms with Gasteiger partial charge in [0.15, 0.2) is 0 Å². The van der Waals surface area contributed by atoms with Crippen LogP contribution in [0.4, 0.5) is 14.6 Å². The molecule has 1 aromatic rings. The highest BCUT2D eigenvalue weighted by molar-refractivity contribution is 7.89. The second kappa shape index (κ2) is 10.0. The van der Waals surface area contributed by atoms with E-state index in [0.717, 1.165) is 0 Å². The minimum Gasteiger partial charge on any atom is -0.351 e. The number of amides is 1. The Morgan fingerprint density at radius 3 is 2.26 bits per heavy atom. The summed E-state index contributed by atoms with van der Waals surface area (Å²) in [6, 6.07) is 2.17. The standard InChI is InChI=1S/C24H38F2N4O3S/c1-16(2)30(17(3)4)22-21(10-9-18(5)27-22)34(32,33)29-15-7-8-20(29)23(31)28(6)19-11-13-24(25,26)14-12-19/h9-10,16-17,19-20H,7-8,11-15H2,1-6H3/t20-/m0/s1. The molecule has 1 atom stereocenters. The first kappa shape index (κ1) is 26.8. The zero-order chi connectivity index (χ0) is 25.4. The second-order valence-corrected chi connectivity index (χ2v) is 12.0. The Morgan fingerprint density at radius 1 is 1.12 bits per heavy atom. The van der Waals surface area contributed by atoms with E-state index in [0.29, 0.717) is 24.4 Å². The molecule has 1 aliphatic heterocycles. The van der Waals surface area contributed by atoms with Crippen molar-refractivity contribution in [1.82, 2.24) is 14.2 Å². The molecule has 1 aliphatic carbocycles. The van der Waals surface area contributed by atoms with E-state index in [2.05, 4.69) is 4.98 Å². The lowest BCUT2D eigenvalue weighted by molar-refractivity contribution is -0.138. The van der Waals surface area contributed by atoms with E-state index in [4.69, 9.17) is 0 Å². The van der Waals surface area contributed by atoms with Crippen molar-refractivity contribution in [2.75, 3.05) is 18.5 Å². The monoisotopic (exact) mass is 500 g/mol. The second-order valence-electron chi connectivity index (χ2n) is 10.2. The van der Waals surface area contributed by atoms with Gasteiger partial charge in [-0.15, -0.1) is 0 Å². The highest BCUT2D eigenvalue weighted by Gasteiger charge is 2.44. The number of sulfonamides is 1. The van der Waals surface area contributed by atoms with Crippen molar-refractivity contribution in [3.05, 3.63) is 17.8 Å². The molecule has 2 heterocycles. The first-order valence-electron chi connectivity index (χ1n) is 12.2. The number of pyridine rings is 1.